The van der Waals surface area contributed by atoms with Crippen LogP contribution in [0.4, 0.5) is 19.0 Å². The maximum atomic E-state index is 12.9. The third-order valence-corrected chi connectivity index (χ3v) is 7.24. The van der Waals surface area contributed by atoms with Crippen LogP contribution in [0.3, 0.4) is 0 Å². The maximum absolute atomic E-state index is 12.9. The summed E-state index contributed by atoms with van der Waals surface area (Å²) in [6.45, 7) is 5.03. The first-order valence-corrected chi connectivity index (χ1v) is 12.4. The number of halogens is 4. The summed E-state index contributed by atoms with van der Waals surface area (Å²) in [5.41, 5.74) is 1.65. The largest absolute Gasteiger partial charge is 0.419 e. The molecule has 0 spiro atoms. The molecule has 9 heteroatoms. The summed E-state index contributed by atoms with van der Waals surface area (Å²) < 4.78 is 38.6. The van der Waals surface area contributed by atoms with Crippen LogP contribution in [-0.4, -0.2) is 32.1 Å². The number of likely N-dealkylation sites (tertiary alicyclic amines) is 1. The van der Waals surface area contributed by atoms with Gasteiger partial charge in [0.25, 0.3) is 5.82 Å². The van der Waals surface area contributed by atoms with E-state index in [1.165, 1.54) is 37.9 Å². The molecule has 184 valence electrons. The molecule has 2 aliphatic rings. The summed E-state index contributed by atoms with van der Waals surface area (Å²) in [7, 11) is 0. The Bertz CT molecular complexity index is 986. The number of aromatic nitrogens is 1. The molecule has 0 radical (unpaired) electrons. The molecule has 5 nitrogen and oxygen atoms in total. The molecule has 0 aliphatic carbocycles. The maximum Gasteiger partial charge on any atom is 0.419 e. The van der Waals surface area contributed by atoms with Crippen LogP contribution in [-0.2, 0) is 24.1 Å². The van der Waals surface area contributed by atoms with Gasteiger partial charge in [-0.25, -0.2) is 4.98 Å². The minimum atomic E-state index is -4.45. The van der Waals surface area contributed by atoms with Gasteiger partial charge in [0.2, 0.25) is 5.91 Å². The van der Waals surface area contributed by atoms with Crippen LogP contribution in [0, 0.1) is 5.92 Å². The number of carbonyl (C=O) groups is 1. The summed E-state index contributed by atoms with van der Waals surface area (Å²) in [6.07, 6.45) is 1.61. The van der Waals surface area contributed by atoms with Crippen LogP contribution in [0.25, 0.3) is 0 Å². The standard InChI is InChI=1S/C25H30ClF3N4O/c26-22-14-21(25(27,28)29)16-30-23(22)33-12-8-18(9-13-33)24(34)31-15-19-6-2-3-7-20(19)17-32-10-4-1-5-11-32/h2-3,6-7,14,16,18H,1,4-5,8-13,15,17H2,(H,31,34)/p+2. The van der Waals surface area contributed by atoms with Gasteiger partial charge in [-0.2, -0.15) is 13.2 Å². The molecule has 2 aliphatic heterocycles. The molecule has 34 heavy (non-hydrogen) atoms. The summed E-state index contributed by atoms with van der Waals surface area (Å²) in [5, 5.41) is 3.14. The Hall–Kier alpha value is -2.32. The lowest BCUT2D eigenvalue weighted by molar-refractivity contribution is -0.918. The normalized spacial score (nSPS) is 18.2. The van der Waals surface area contributed by atoms with Crippen molar-refractivity contribution in [3.05, 3.63) is 58.2 Å². The highest BCUT2D eigenvalue weighted by atomic mass is 35.5. The first-order chi connectivity index (χ1) is 16.3. The Morgan fingerprint density at radius 3 is 2.44 bits per heavy atom. The van der Waals surface area contributed by atoms with E-state index in [9.17, 15) is 18.0 Å². The monoisotopic (exact) mass is 496 g/mol. The van der Waals surface area contributed by atoms with Gasteiger partial charge in [0.05, 0.1) is 31.7 Å². The van der Waals surface area contributed by atoms with Gasteiger partial charge >= 0.3 is 6.18 Å². The van der Waals surface area contributed by atoms with Crippen molar-refractivity contribution in [3.8, 4) is 0 Å². The summed E-state index contributed by atoms with van der Waals surface area (Å²) in [6, 6.07) is 9.26. The van der Waals surface area contributed by atoms with E-state index in [0.29, 0.717) is 38.3 Å². The number of quaternary nitrogens is 1. The molecule has 0 saturated carbocycles. The van der Waals surface area contributed by atoms with Crippen LogP contribution < -0.4 is 20.1 Å². The number of piperidine rings is 2. The number of benzene rings is 1. The second-order valence-electron chi connectivity index (χ2n) is 9.32. The second kappa shape index (κ2) is 11.0. The number of nitrogens with zero attached hydrogens (tertiary/aromatic N) is 1. The molecular weight excluding hydrogens is 465 g/mol. The molecule has 3 N–H and O–H groups in total. The van der Waals surface area contributed by atoms with Crippen molar-refractivity contribution in [2.24, 2.45) is 5.92 Å². The zero-order chi connectivity index (χ0) is 24.1. The molecule has 2 fully saturated rings. The van der Waals surface area contributed by atoms with Gasteiger partial charge in [0.15, 0.2) is 0 Å². The number of hydrogen-bond acceptors (Lipinski definition) is 2. The Morgan fingerprint density at radius 2 is 1.79 bits per heavy atom. The molecule has 2 aromatic rings. The molecule has 0 atom stereocenters. The number of carbonyl (C=O) groups excluding carboxylic acids is 1. The first-order valence-electron chi connectivity index (χ1n) is 12.0. The number of pyridine rings is 1. The van der Waals surface area contributed by atoms with E-state index < -0.39 is 11.7 Å². The molecule has 0 unspecified atom stereocenters. The summed E-state index contributed by atoms with van der Waals surface area (Å²) >= 11 is 6.12. The molecule has 1 aromatic heterocycles. The third kappa shape index (κ3) is 6.21. The molecule has 1 amide bonds. The minimum Gasteiger partial charge on any atom is -0.352 e. The average molecular weight is 497 g/mol. The molecule has 1 aromatic carbocycles. The quantitative estimate of drug-likeness (QED) is 0.645. The van der Waals surface area contributed by atoms with Crippen LogP contribution in [0.1, 0.15) is 48.8 Å². The van der Waals surface area contributed by atoms with Crippen molar-refractivity contribution in [3.63, 3.8) is 0 Å². The van der Waals surface area contributed by atoms with Crippen molar-refractivity contribution in [2.75, 3.05) is 31.1 Å². The van der Waals surface area contributed by atoms with E-state index >= 15 is 0 Å². The minimum absolute atomic E-state index is 0.0299. The number of rotatable bonds is 6. The number of amides is 1. The molecule has 0 bridgehead atoms. The predicted octanol–water partition coefficient (Wildman–Crippen LogP) is 3.27. The zero-order valence-electron chi connectivity index (χ0n) is 19.2. The number of nitrogens with one attached hydrogen (secondary N) is 3. The van der Waals surface area contributed by atoms with Gasteiger partial charge in [-0.3, -0.25) is 9.69 Å². The first kappa shape index (κ1) is 24.8. The summed E-state index contributed by atoms with van der Waals surface area (Å²) in [4.78, 5) is 19.0. The Balaban J connectivity index is 1.29. The lowest BCUT2D eigenvalue weighted by Crippen LogP contribution is -3.11. The molecule has 4 rings (SSSR count). The number of anilines is 1. The zero-order valence-corrected chi connectivity index (χ0v) is 19.9. The highest BCUT2D eigenvalue weighted by molar-refractivity contribution is 6.32. The fourth-order valence-corrected chi connectivity index (χ4v) is 5.25. The number of aromatic amines is 1. The van der Waals surface area contributed by atoms with Gasteiger partial charge < -0.3 is 10.2 Å². The fraction of sp³-hybridized carbons (Fsp3) is 0.520. The Labute approximate surface area is 203 Å². The van der Waals surface area contributed by atoms with Crippen LogP contribution in [0.2, 0.25) is 5.02 Å². The fourth-order valence-electron chi connectivity index (χ4n) is 4.96. The molecule has 2 saturated heterocycles. The van der Waals surface area contributed by atoms with Crippen molar-refractivity contribution in [1.29, 1.82) is 0 Å². The highest BCUT2D eigenvalue weighted by Gasteiger charge is 2.35. The van der Waals surface area contributed by atoms with E-state index in [0.717, 1.165) is 24.4 Å². The van der Waals surface area contributed by atoms with Crippen molar-refractivity contribution >= 4 is 23.3 Å². The number of H-pyrrole nitrogens is 1. The molecular formula is C25H32ClF3N4O+2. The van der Waals surface area contributed by atoms with E-state index in [2.05, 4.69) is 28.5 Å². The van der Waals surface area contributed by atoms with E-state index in [4.69, 9.17) is 11.6 Å². The van der Waals surface area contributed by atoms with Gasteiger partial charge in [0.1, 0.15) is 17.8 Å². The van der Waals surface area contributed by atoms with E-state index in [-0.39, 0.29) is 16.8 Å². The predicted molar refractivity (Wildman–Crippen MR) is 124 cm³/mol. The van der Waals surface area contributed by atoms with Gasteiger partial charge in [0, 0.05) is 18.0 Å². The van der Waals surface area contributed by atoms with Crippen LogP contribution in [0.15, 0.2) is 36.5 Å². The lowest BCUT2D eigenvalue weighted by Gasteiger charge is -2.27. The topological polar surface area (TPSA) is 50.9 Å². The lowest BCUT2D eigenvalue weighted by atomic mass is 9.95. The average Bonchev–Trinajstić information content (AvgIpc) is 2.83. The Morgan fingerprint density at radius 1 is 1.12 bits per heavy atom. The Kier molecular flexibility index (Phi) is 7.99. The van der Waals surface area contributed by atoms with Crippen LogP contribution in [0.5, 0.6) is 0 Å². The third-order valence-electron chi connectivity index (χ3n) is 6.95. The van der Waals surface area contributed by atoms with Gasteiger partial charge in [-0.1, -0.05) is 35.9 Å². The van der Waals surface area contributed by atoms with Crippen molar-refractivity contribution < 1.29 is 27.8 Å². The second-order valence-corrected chi connectivity index (χ2v) is 9.73. The number of hydrogen-bond donors (Lipinski definition) is 2. The van der Waals surface area contributed by atoms with E-state index in [1.54, 1.807) is 4.90 Å². The highest BCUT2D eigenvalue weighted by Crippen LogP contribution is 2.33. The number of alkyl halides is 3. The van der Waals surface area contributed by atoms with Gasteiger partial charge in [-0.15, -0.1) is 0 Å². The van der Waals surface area contributed by atoms with Crippen LogP contribution >= 0.6 is 11.6 Å². The smallest absolute Gasteiger partial charge is 0.352 e. The van der Waals surface area contributed by atoms with Gasteiger partial charge in [-0.05, 0) is 43.7 Å². The molecule has 3 heterocycles. The SMILES string of the molecule is O=C(NCc1ccccc1C[NH+]1CCCCC1)C1CCN(c2[nH+]cc(C(F)(F)F)cc2Cl)CC1. The van der Waals surface area contributed by atoms with E-state index in [1.807, 2.05) is 11.0 Å². The van der Waals surface area contributed by atoms with Crippen molar-refractivity contribution in [1.82, 2.24) is 5.32 Å². The van der Waals surface area contributed by atoms with Crippen molar-refractivity contribution in [2.45, 2.75) is 51.4 Å². The summed E-state index contributed by atoms with van der Waals surface area (Å²) in [5.74, 6) is 0.370.